The number of hydrogen-bond acceptors (Lipinski definition) is 4. The van der Waals surface area contributed by atoms with E-state index in [0.29, 0.717) is 6.42 Å². The molecule has 0 bridgehead atoms. The van der Waals surface area contributed by atoms with Gasteiger partial charge in [-0.25, -0.2) is 18.1 Å². The number of sulfonamides is 1. The summed E-state index contributed by atoms with van der Waals surface area (Å²) in [6, 6.07) is -0.181. The molecule has 0 aromatic carbocycles. The Balaban J connectivity index is 2.75. The number of rotatable bonds is 5. The van der Waals surface area contributed by atoms with E-state index in [1.54, 1.807) is 13.1 Å². The monoisotopic (exact) mass is 234 g/mol. The summed E-state index contributed by atoms with van der Waals surface area (Å²) in [4.78, 5) is 4.10. The van der Waals surface area contributed by atoms with Crippen molar-refractivity contribution in [3.8, 4) is 0 Å². The first-order valence-electron chi connectivity index (χ1n) is 4.48. The lowest BCUT2D eigenvalue weighted by Gasteiger charge is -2.13. The minimum Gasteiger partial charge on any atom is -0.248 e. The first kappa shape index (κ1) is 11.6. The van der Waals surface area contributed by atoms with Crippen LogP contribution in [0.15, 0.2) is 11.6 Å². The molecule has 0 spiro atoms. The molecule has 6 heteroatoms. The Labute approximate surface area is 88.4 Å². The van der Waals surface area contributed by atoms with Crippen molar-refractivity contribution >= 4 is 21.4 Å². The zero-order valence-corrected chi connectivity index (χ0v) is 9.86. The third-order valence-corrected chi connectivity index (χ3v) is 4.15. The second-order valence-corrected chi connectivity index (χ2v) is 5.82. The molecule has 80 valence electrons. The third kappa shape index (κ3) is 3.04. The Morgan fingerprint density at radius 2 is 2.29 bits per heavy atom. The van der Waals surface area contributed by atoms with Crippen LogP contribution in [0.5, 0.6) is 0 Å². The van der Waals surface area contributed by atoms with E-state index in [0.717, 1.165) is 5.01 Å². The van der Waals surface area contributed by atoms with E-state index in [4.69, 9.17) is 0 Å². The molecule has 0 aliphatic heterocycles. The number of nitrogens with one attached hydrogen (secondary N) is 1. The zero-order chi connectivity index (χ0) is 10.6. The highest BCUT2D eigenvalue weighted by Crippen LogP contribution is 2.19. The second kappa shape index (κ2) is 4.86. The van der Waals surface area contributed by atoms with Crippen LogP contribution >= 0.6 is 11.3 Å². The summed E-state index contributed by atoms with van der Waals surface area (Å²) >= 11 is 1.47. The topological polar surface area (TPSA) is 59.1 Å². The maximum absolute atomic E-state index is 11.3. The average Bonchev–Trinajstić information content (AvgIpc) is 2.67. The van der Waals surface area contributed by atoms with Gasteiger partial charge in [0, 0.05) is 11.6 Å². The van der Waals surface area contributed by atoms with Crippen LogP contribution in [0, 0.1) is 0 Å². The van der Waals surface area contributed by atoms with Gasteiger partial charge in [0.05, 0.1) is 11.8 Å². The molecule has 1 aromatic rings. The number of hydrogen-bond donors (Lipinski definition) is 1. The summed E-state index contributed by atoms with van der Waals surface area (Å²) in [5.74, 6) is 0.106. The SMILES string of the molecule is CC[C@H](NS(=O)(=O)CC)c1nccs1. The summed E-state index contributed by atoms with van der Waals surface area (Å²) in [5, 5.41) is 2.67. The molecule has 1 atom stereocenters. The maximum Gasteiger partial charge on any atom is 0.211 e. The molecule has 0 aliphatic carbocycles. The third-order valence-electron chi connectivity index (χ3n) is 1.86. The van der Waals surface area contributed by atoms with Gasteiger partial charge in [0.2, 0.25) is 10.0 Å². The summed E-state index contributed by atoms with van der Waals surface area (Å²) in [6.07, 6.45) is 2.40. The number of aromatic nitrogens is 1. The Hall–Kier alpha value is -0.460. The van der Waals surface area contributed by atoms with Crippen molar-refractivity contribution in [2.45, 2.75) is 26.3 Å². The van der Waals surface area contributed by atoms with Crippen LogP contribution in [0.25, 0.3) is 0 Å². The fourth-order valence-corrected chi connectivity index (χ4v) is 2.74. The van der Waals surface area contributed by atoms with Crippen LogP contribution in [0.3, 0.4) is 0 Å². The van der Waals surface area contributed by atoms with Crippen molar-refractivity contribution in [2.24, 2.45) is 0 Å². The molecule has 1 rings (SSSR count). The van der Waals surface area contributed by atoms with E-state index in [2.05, 4.69) is 9.71 Å². The van der Waals surface area contributed by atoms with Crippen molar-refractivity contribution in [3.63, 3.8) is 0 Å². The van der Waals surface area contributed by atoms with E-state index in [1.807, 2.05) is 12.3 Å². The highest BCUT2D eigenvalue weighted by Gasteiger charge is 2.17. The van der Waals surface area contributed by atoms with Gasteiger partial charge in [0.1, 0.15) is 5.01 Å². The molecular weight excluding hydrogens is 220 g/mol. The van der Waals surface area contributed by atoms with Crippen LogP contribution < -0.4 is 4.72 Å². The van der Waals surface area contributed by atoms with Crippen molar-refractivity contribution in [1.29, 1.82) is 0 Å². The smallest absolute Gasteiger partial charge is 0.211 e. The fourth-order valence-electron chi connectivity index (χ4n) is 1.02. The van der Waals surface area contributed by atoms with Crippen molar-refractivity contribution in [1.82, 2.24) is 9.71 Å². The van der Waals surface area contributed by atoms with Crippen LogP contribution in [0.2, 0.25) is 0 Å². The summed E-state index contributed by atoms with van der Waals surface area (Å²) in [7, 11) is -3.14. The standard InChI is InChI=1S/C8H14N2O2S2/c1-3-7(8-9-5-6-13-8)10-14(11,12)4-2/h5-7,10H,3-4H2,1-2H3/t7-/m0/s1. The number of thiazole rings is 1. The number of nitrogens with zero attached hydrogens (tertiary/aromatic N) is 1. The average molecular weight is 234 g/mol. The Kier molecular flexibility index (Phi) is 4.03. The lowest BCUT2D eigenvalue weighted by Crippen LogP contribution is -2.29. The van der Waals surface area contributed by atoms with Gasteiger partial charge in [-0.2, -0.15) is 0 Å². The van der Waals surface area contributed by atoms with Gasteiger partial charge in [-0.15, -0.1) is 11.3 Å². The maximum atomic E-state index is 11.3. The van der Waals surface area contributed by atoms with Gasteiger partial charge in [-0.05, 0) is 13.3 Å². The van der Waals surface area contributed by atoms with Crippen LogP contribution in [0.4, 0.5) is 0 Å². The minimum absolute atomic E-state index is 0.106. The van der Waals surface area contributed by atoms with Gasteiger partial charge in [-0.3, -0.25) is 0 Å². The van der Waals surface area contributed by atoms with E-state index in [-0.39, 0.29) is 11.8 Å². The normalized spacial score (nSPS) is 14.1. The predicted octanol–water partition coefficient (Wildman–Crippen LogP) is 1.53. The highest BCUT2D eigenvalue weighted by molar-refractivity contribution is 7.89. The second-order valence-electron chi connectivity index (χ2n) is 2.85. The van der Waals surface area contributed by atoms with Gasteiger partial charge in [-0.1, -0.05) is 6.92 Å². The molecule has 0 amide bonds. The molecule has 1 heterocycles. The van der Waals surface area contributed by atoms with Crippen LogP contribution in [-0.4, -0.2) is 19.2 Å². The largest absolute Gasteiger partial charge is 0.248 e. The Morgan fingerprint density at radius 1 is 1.57 bits per heavy atom. The molecule has 0 unspecified atom stereocenters. The van der Waals surface area contributed by atoms with Gasteiger partial charge >= 0.3 is 0 Å². The fraction of sp³-hybridized carbons (Fsp3) is 0.625. The molecule has 0 saturated heterocycles. The van der Waals surface area contributed by atoms with Crippen molar-refractivity contribution in [2.75, 3.05) is 5.75 Å². The first-order valence-corrected chi connectivity index (χ1v) is 7.01. The molecule has 0 fully saturated rings. The predicted molar refractivity (Wildman–Crippen MR) is 57.7 cm³/mol. The molecule has 1 N–H and O–H groups in total. The minimum atomic E-state index is -3.14. The van der Waals surface area contributed by atoms with Gasteiger partial charge < -0.3 is 0 Å². The highest BCUT2D eigenvalue weighted by atomic mass is 32.2. The molecule has 0 aliphatic rings. The summed E-state index contributed by atoms with van der Waals surface area (Å²) < 4.78 is 25.3. The summed E-state index contributed by atoms with van der Waals surface area (Å²) in [5.41, 5.74) is 0. The van der Waals surface area contributed by atoms with Gasteiger partial charge in [0.15, 0.2) is 0 Å². The van der Waals surface area contributed by atoms with Crippen LogP contribution in [-0.2, 0) is 10.0 Å². The molecular formula is C8H14N2O2S2. The molecule has 0 saturated carbocycles. The molecule has 4 nitrogen and oxygen atoms in total. The van der Waals surface area contributed by atoms with E-state index >= 15 is 0 Å². The Morgan fingerprint density at radius 3 is 2.71 bits per heavy atom. The molecule has 14 heavy (non-hydrogen) atoms. The van der Waals surface area contributed by atoms with Crippen molar-refractivity contribution in [3.05, 3.63) is 16.6 Å². The zero-order valence-electron chi connectivity index (χ0n) is 8.23. The lowest BCUT2D eigenvalue weighted by molar-refractivity contribution is 0.550. The van der Waals surface area contributed by atoms with Crippen molar-refractivity contribution < 1.29 is 8.42 Å². The summed E-state index contributed by atoms with van der Waals surface area (Å²) in [6.45, 7) is 3.56. The van der Waals surface area contributed by atoms with E-state index in [1.165, 1.54) is 11.3 Å². The van der Waals surface area contributed by atoms with Gasteiger partial charge in [0.25, 0.3) is 0 Å². The van der Waals surface area contributed by atoms with Crippen LogP contribution in [0.1, 0.15) is 31.3 Å². The first-order chi connectivity index (χ1) is 6.59. The van der Waals surface area contributed by atoms with E-state index < -0.39 is 10.0 Å². The quantitative estimate of drug-likeness (QED) is 0.840. The lowest BCUT2D eigenvalue weighted by atomic mass is 10.3. The molecule has 0 radical (unpaired) electrons. The van der Waals surface area contributed by atoms with E-state index in [9.17, 15) is 8.42 Å². The molecule has 1 aromatic heterocycles. The Bertz CT molecular complexity index is 359.